The van der Waals surface area contributed by atoms with E-state index in [-0.39, 0.29) is 41.4 Å². The van der Waals surface area contributed by atoms with Crippen molar-refractivity contribution in [2.75, 3.05) is 23.0 Å². The summed E-state index contributed by atoms with van der Waals surface area (Å²) in [7, 11) is 0. The van der Waals surface area contributed by atoms with Crippen LogP contribution in [0.25, 0.3) is 0 Å². The molecule has 0 aliphatic rings. The average Bonchev–Trinajstić information content (AvgIpc) is 2.66. The van der Waals surface area contributed by atoms with Gasteiger partial charge < -0.3 is 0 Å². The van der Waals surface area contributed by atoms with Gasteiger partial charge in [-0.3, -0.25) is 14.4 Å². The molecular formula is C21H33F9O3S3. The van der Waals surface area contributed by atoms with Crippen LogP contribution < -0.4 is 0 Å². The molecule has 0 heterocycles. The van der Waals surface area contributed by atoms with Crippen LogP contribution in [0.1, 0.15) is 53.4 Å². The van der Waals surface area contributed by atoms with Crippen LogP contribution in [-0.4, -0.2) is 64.1 Å². The lowest BCUT2D eigenvalue weighted by Crippen LogP contribution is -2.22. The first kappa shape index (κ1) is 42.3. The molecule has 0 aliphatic heterocycles. The lowest BCUT2D eigenvalue weighted by molar-refractivity contribution is -0.129. The van der Waals surface area contributed by atoms with Crippen molar-refractivity contribution in [3.8, 4) is 0 Å². The fraction of sp³-hybridized carbons (Fsp3) is 0.762. The molecule has 15 heteroatoms. The number of carbonyl (C=O) groups excluding carboxylic acids is 3. The normalized spacial score (nSPS) is 11.9. The number of thiol groups is 1. The third-order valence-corrected chi connectivity index (χ3v) is 5.52. The first-order valence-corrected chi connectivity index (χ1v) is 13.0. The molecule has 3 nitrogen and oxygen atoms in total. The maximum atomic E-state index is 11.9. The highest BCUT2D eigenvalue weighted by molar-refractivity contribution is 8.00. The van der Waals surface area contributed by atoms with Crippen molar-refractivity contribution in [3.63, 3.8) is 0 Å². The van der Waals surface area contributed by atoms with Crippen molar-refractivity contribution in [1.82, 2.24) is 0 Å². The zero-order chi connectivity index (χ0) is 29.6. The molecule has 0 aromatic heterocycles. The zero-order valence-electron chi connectivity index (χ0n) is 20.4. The van der Waals surface area contributed by atoms with Crippen molar-refractivity contribution in [2.24, 2.45) is 0 Å². The highest BCUT2D eigenvalue weighted by atomic mass is 32.2. The summed E-state index contributed by atoms with van der Waals surface area (Å²) in [5.41, 5.74) is 0. The van der Waals surface area contributed by atoms with Crippen LogP contribution in [-0.2, 0) is 14.4 Å². The van der Waals surface area contributed by atoms with Crippen molar-refractivity contribution in [1.29, 1.82) is 0 Å². The molecule has 36 heavy (non-hydrogen) atoms. The van der Waals surface area contributed by atoms with Gasteiger partial charge in [0.15, 0.2) is 0 Å². The lowest BCUT2D eigenvalue weighted by atomic mass is 10.4. The summed E-state index contributed by atoms with van der Waals surface area (Å²) in [5, 5.41) is -1.38. The summed E-state index contributed by atoms with van der Waals surface area (Å²) in [4.78, 5) is 30.7. The molecule has 0 radical (unpaired) electrons. The molecule has 0 aliphatic carbocycles. The number of Topliss-reactive ketones (excluding diaryl/α,β-unsaturated/α-hetero) is 3. The van der Waals surface area contributed by atoms with E-state index in [4.69, 9.17) is 0 Å². The molecule has 0 spiro atoms. The Labute approximate surface area is 220 Å². The van der Waals surface area contributed by atoms with E-state index < -0.39 is 30.2 Å². The minimum atomic E-state index is -4.19. The van der Waals surface area contributed by atoms with Gasteiger partial charge in [-0.1, -0.05) is 6.58 Å². The smallest absolute Gasteiger partial charge is 0.300 e. The molecule has 216 valence electrons. The molecule has 1 atom stereocenters. The third kappa shape index (κ3) is 50.1. The number of alkyl halides is 9. The van der Waals surface area contributed by atoms with Crippen molar-refractivity contribution in [3.05, 3.63) is 12.7 Å². The molecule has 0 saturated heterocycles. The highest BCUT2D eigenvalue weighted by Gasteiger charge is 2.35. The Morgan fingerprint density at radius 1 is 0.806 bits per heavy atom. The summed E-state index contributed by atoms with van der Waals surface area (Å²) in [6.07, 6.45) is -12.1. The molecule has 0 N–H and O–H groups in total. The van der Waals surface area contributed by atoms with Gasteiger partial charge in [0.25, 0.3) is 0 Å². The quantitative estimate of drug-likeness (QED) is 0.113. The van der Waals surface area contributed by atoms with E-state index in [0.29, 0.717) is 24.3 Å². The molecular weight excluding hydrogens is 567 g/mol. The number of hydrogen-bond donors (Lipinski definition) is 1. The summed E-state index contributed by atoms with van der Waals surface area (Å²) in [6, 6.07) is 0. The fourth-order valence-electron chi connectivity index (χ4n) is 1.14. The molecule has 0 aromatic carbocycles. The molecule has 0 fully saturated rings. The number of allylic oxidation sites excluding steroid dienone is 1. The Hall–Kier alpha value is -0.830. The van der Waals surface area contributed by atoms with E-state index in [1.54, 1.807) is 6.92 Å². The largest absolute Gasteiger partial charge is 0.409 e. The SMILES string of the molecule is C=CC(F)(F)F.CC(=O)CCS.CC(=O)CCSC(C)C(F)(F)F.CC(=O)CCSCCC(F)(F)F. The topological polar surface area (TPSA) is 51.2 Å². The molecule has 1 unspecified atom stereocenters. The van der Waals surface area contributed by atoms with Gasteiger partial charge in [0, 0.05) is 42.6 Å². The first-order valence-electron chi connectivity index (χ1n) is 10.2. The fourth-order valence-corrected chi connectivity index (χ4v) is 3.41. The number of ketones is 3. The predicted octanol–water partition coefficient (Wildman–Crippen LogP) is 7.93. The minimum absolute atomic E-state index is 0.0227. The average molecular weight is 601 g/mol. The van der Waals surface area contributed by atoms with Gasteiger partial charge in [-0.05, 0) is 33.4 Å². The van der Waals surface area contributed by atoms with Crippen molar-refractivity contribution < 1.29 is 53.9 Å². The van der Waals surface area contributed by atoms with Gasteiger partial charge in [0.2, 0.25) is 0 Å². The molecule has 0 amide bonds. The highest BCUT2D eigenvalue weighted by Crippen LogP contribution is 2.30. The summed E-state index contributed by atoms with van der Waals surface area (Å²) < 4.78 is 102. The molecule has 0 bridgehead atoms. The third-order valence-electron chi connectivity index (χ3n) is 3.11. The summed E-state index contributed by atoms with van der Waals surface area (Å²) in [6.45, 7) is 7.98. The molecule has 0 saturated carbocycles. The Morgan fingerprint density at radius 2 is 1.19 bits per heavy atom. The van der Waals surface area contributed by atoms with Gasteiger partial charge in [0.1, 0.15) is 17.3 Å². The second kappa shape index (κ2) is 23.3. The molecule has 0 aromatic rings. The number of hydrogen-bond acceptors (Lipinski definition) is 6. The van der Waals surface area contributed by atoms with E-state index in [0.717, 1.165) is 18.7 Å². The van der Waals surface area contributed by atoms with E-state index in [1.165, 1.54) is 25.6 Å². The second-order valence-corrected chi connectivity index (χ2v) is 9.98. The van der Waals surface area contributed by atoms with E-state index in [1.807, 2.05) is 0 Å². The van der Waals surface area contributed by atoms with Crippen LogP contribution in [0.2, 0.25) is 0 Å². The van der Waals surface area contributed by atoms with Crippen LogP contribution in [0.5, 0.6) is 0 Å². The lowest BCUT2D eigenvalue weighted by Gasteiger charge is -2.13. The Bertz CT molecular complexity index is 606. The zero-order valence-corrected chi connectivity index (χ0v) is 22.9. The summed E-state index contributed by atoms with van der Waals surface area (Å²) >= 11 is 5.77. The Kier molecular flexibility index (Phi) is 27.4. The summed E-state index contributed by atoms with van der Waals surface area (Å²) in [5.74, 6) is 1.63. The van der Waals surface area contributed by atoms with Crippen LogP contribution in [0.3, 0.4) is 0 Å². The van der Waals surface area contributed by atoms with Crippen molar-refractivity contribution >= 4 is 53.5 Å². The minimum Gasteiger partial charge on any atom is -0.300 e. The predicted molar refractivity (Wildman–Crippen MR) is 132 cm³/mol. The standard InChI is InChI=1S/2C7H11F3OS.C4H8OS.C3H3F3/c1-5(11)3-4-12-6(2)7(8,9)10;1-6(11)2-4-12-5-3-7(8,9)10;1-4(5)2-3-6;1-2-3(4,5)6/h6H,3-4H2,1-2H3;2-5H2,1H3;6H,2-3H2,1H3;2H,1H2. The Balaban J connectivity index is -0.000000200. The first-order chi connectivity index (χ1) is 16.1. The van der Waals surface area contributed by atoms with Gasteiger partial charge in [-0.15, -0.1) is 11.8 Å². The van der Waals surface area contributed by atoms with Crippen molar-refractivity contribution in [2.45, 2.75) is 77.2 Å². The Morgan fingerprint density at radius 3 is 1.44 bits per heavy atom. The number of thioether (sulfide) groups is 2. The number of halogens is 9. The number of rotatable bonds is 11. The monoisotopic (exact) mass is 600 g/mol. The maximum absolute atomic E-state index is 11.9. The van der Waals surface area contributed by atoms with Crippen LogP contribution in [0, 0.1) is 0 Å². The molecule has 0 rings (SSSR count). The van der Waals surface area contributed by atoms with Gasteiger partial charge in [-0.25, -0.2) is 0 Å². The van der Waals surface area contributed by atoms with E-state index >= 15 is 0 Å². The second-order valence-electron chi connectivity index (χ2n) is 6.86. The number of carbonyl (C=O) groups is 3. The van der Waals surface area contributed by atoms with Gasteiger partial charge >= 0.3 is 18.5 Å². The van der Waals surface area contributed by atoms with Crippen LogP contribution in [0.4, 0.5) is 39.5 Å². The maximum Gasteiger partial charge on any atom is 0.409 e. The van der Waals surface area contributed by atoms with Crippen LogP contribution in [0.15, 0.2) is 12.7 Å². The van der Waals surface area contributed by atoms with Crippen LogP contribution >= 0.6 is 36.2 Å². The van der Waals surface area contributed by atoms with Gasteiger partial charge in [0.05, 0.1) is 11.7 Å². The van der Waals surface area contributed by atoms with E-state index in [2.05, 4.69) is 19.2 Å². The van der Waals surface area contributed by atoms with Gasteiger partial charge in [-0.2, -0.15) is 63.9 Å². The van der Waals surface area contributed by atoms with E-state index in [9.17, 15) is 53.9 Å².